The fourth-order valence-corrected chi connectivity index (χ4v) is 4.02. The Bertz CT molecular complexity index is 763. The number of carbonyl (C=O) groups is 1. The third-order valence-corrected chi connectivity index (χ3v) is 5.46. The molecule has 1 unspecified atom stereocenters. The van der Waals surface area contributed by atoms with Crippen molar-refractivity contribution in [2.45, 2.75) is 19.9 Å². The Kier molecular flexibility index (Phi) is 4.88. The Labute approximate surface area is 144 Å². The summed E-state index contributed by atoms with van der Waals surface area (Å²) in [5.74, 6) is 0.184. The fraction of sp³-hybridized carbons (Fsp3) is 0.222. The van der Waals surface area contributed by atoms with E-state index in [1.807, 2.05) is 53.2 Å². The molecule has 0 fully saturated rings. The summed E-state index contributed by atoms with van der Waals surface area (Å²) in [5, 5.41) is 7.85. The molecule has 0 aliphatic heterocycles. The van der Waals surface area contributed by atoms with Gasteiger partial charge in [-0.05, 0) is 22.9 Å². The summed E-state index contributed by atoms with van der Waals surface area (Å²) < 4.78 is 0. The van der Waals surface area contributed by atoms with Crippen LogP contribution in [0.3, 0.4) is 0 Å². The molecule has 1 aromatic carbocycles. The molecule has 5 heteroatoms. The quantitative estimate of drug-likeness (QED) is 0.709. The molecule has 0 saturated heterocycles. The molecule has 2 aromatic heterocycles. The van der Waals surface area contributed by atoms with Crippen molar-refractivity contribution < 1.29 is 4.79 Å². The molecular weight excluding hydrogens is 324 g/mol. The lowest BCUT2D eigenvalue weighted by Gasteiger charge is -2.22. The maximum atomic E-state index is 12.6. The molecule has 0 spiro atoms. The first-order valence-corrected chi connectivity index (χ1v) is 9.26. The van der Waals surface area contributed by atoms with Gasteiger partial charge < -0.3 is 5.32 Å². The minimum Gasteiger partial charge on any atom is -0.344 e. The average molecular weight is 342 g/mol. The summed E-state index contributed by atoms with van der Waals surface area (Å²) in [6.45, 7) is 4.21. The van der Waals surface area contributed by atoms with Crippen LogP contribution in [-0.2, 0) is 0 Å². The molecule has 0 saturated carbocycles. The van der Waals surface area contributed by atoms with E-state index in [9.17, 15) is 4.79 Å². The van der Waals surface area contributed by atoms with Crippen LogP contribution < -0.4 is 5.32 Å². The zero-order valence-corrected chi connectivity index (χ0v) is 14.7. The van der Waals surface area contributed by atoms with E-state index in [2.05, 4.69) is 24.1 Å². The topological polar surface area (TPSA) is 42.0 Å². The number of benzene rings is 1. The van der Waals surface area contributed by atoms with E-state index in [0.29, 0.717) is 11.6 Å². The van der Waals surface area contributed by atoms with Gasteiger partial charge in [-0.15, -0.1) is 22.7 Å². The van der Waals surface area contributed by atoms with E-state index in [4.69, 9.17) is 0 Å². The third kappa shape index (κ3) is 3.68. The van der Waals surface area contributed by atoms with Crippen LogP contribution >= 0.6 is 22.7 Å². The number of nitrogens with zero attached hydrogens (tertiary/aromatic N) is 1. The lowest BCUT2D eigenvalue weighted by atomic mass is 9.96. The van der Waals surface area contributed by atoms with Crippen molar-refractivity contribution in [3.8, 4) is 9.88 Å². The number of carbonyl (C=O) groups excluding carboxylic acids is 1. The molecule has 0 aliphatic rings. The first kappa shape index (κ1) is 15.9. The summed E-state index contributed by atoms with van der Waals surface area (Å²) in [5.41, 5.74) is 1.60. The zero-order chi connectivity index (χ0) is 16.2. The molecule has 1 amide bonds. The minimum atomic E-state index is -0.119. The second-order valence-corrected chi connectivity index (χ2v) is 7.43. The van der Waals surface area contributed by atoms with Crippen LogP contribution in [-0.4, -0.2) is 10.9 Å². The number of thiophene rings is 1. The highest BCUT2D eigenvalue weighted by Gasteiger charge is 2.20. The van der Waals surface area contributed by atoms with Crippen molar-refractivity contribution in [1.82, 2.24) is 10.3 Å². The molecule has 0 bridgehead atoms. The summed E-state index contributed by atoms with van der Waals surface area (Å²) in [6.07, 6.45) is 0. The van der Waals surface area contributed by atoms with Gasteiger partial charge in [-0.3, -0.25) is 4.79 Å². The van der Waals surface area contributed by atoms with Crippen molar-refractivity contribution in [3.63, 3.8) is 0 Å². The third-order valence-electron chi connectivity index (χ3n) is 3.58. The molecule has 3 aromatic rings. The average Bonchev–Trinajstić information content (AvgIpc) is 3.23. The molecule has 3 rings (SSSR count). The first-order valence-electron chi connectivity index (χ1n) is 7.50. The van der Waals surface area contributed by atoms with Gasteiger partial charge in [-0.1, -0.05) is 50.2 Å². The van der Waals surface area contributed by atoms with E-state index in [0.717, 1.165) is 15.4 Å². The van der Waals surface area contributed by atoms with Crippen LogP contribution in [0.5, 0.6) is 0 Å². The van der Waals surface area contributed by atoms with Gasteiger partial charge in [0, 0.05) is 5.38 Å². The molecule has 3 nitrogen and oxygen atoms in total. The molecule has 2 heterocycles. The molecule has 0 aliphatic carbocycles. The van der Waals surface area contributed by atoms with Gasteiger partial charge >= 0.3 is 0 Å². The fourth-order valence-electron chi connectivity index (χ4n) is 2.40. The molecule has 1 atom stereocenters. The van der Waals surface area contributed by atoms with Gasteiger partial charge in [-0.25, -0.2) is 4.98 Å². The lowest BCUT2D eigenvalue weighted by Crippen LogP contribution is -2.31. The van der Waals surface area contributed by atoms with Gasteiger partial charge in [0.1, 0.15) is 10.7 Å². The maximum absolute atomic E-state index is 12.6. The number of amides is 1. The molecular formula is C18H18N2OS2. The van der Waals surface area contributed by atoms with Crippen molar-refractivity contribution in [2.75, 3.05) is 0 Å². The Balaban J connectivity index is 1.77. The highest BCUT2D eigenvalue weighted by molar-refractivity contribution is 7.20. The predicted octanol–water partition coefficient (Wildman–Crippen LogP) is 5.00. The number of hydrogen-bond acceptors (Lipinski definition) is 4. The highest BCUT2D eigenvalue weighted by Crippen LogP contribution is 2.28. The summed E-state index contributed by atoms with van der Waals surface area (Å²) in [7, 11) is 0. The van der Waals surface area contributed by atoms with E-state index < -0.39 is 0 Å². The Morgan fingerprint density at radius 1 is 1.09 bits per heavy atom. The van der Waals surface area contributed by atoms with Gasteiger partial charge in [0.05, 0.1) is 10.9 Å². The van der Waals surface area contributed by atoms with Gasteiger partial charge in [0.15, 0.2) is 0 Å². The number of aromatic nitrogens is 1. The maximum Gasteiger partial charge on any atom is 0.271 e. The SMILES string of the molecule is CC(C)C(NC(=O)c1csc(-c2cccs2)n1)c1ccccc1. The number of thiazole rings is 1. The largest absolute Gasteiger partial charge is 0.344 e. The monoisotopic (exact) mass is 342 g/mol. The van der Waals surface area contributed by atoms with Gasteiger partial charge in [0.2, 0.25) is 0 Å². The normalized spacial score (nSPS) is 12.3. The number of hydrogen-bond donors (Lipinski definition) is 1. The number of rotatable bonds is 5. The van der Waals surface area contributed by atoms with Gasteiger partial charge in [-0.2, -0.15) is 0 Å². The van der Waals surface area contributed by atoms with Crippen molar-refractivity contribution in [1.29, 1.82) is 0 Å². The van der Waals surface area contributed by atoms with E-state index in [-0.39, 0.29) is 11.9 Å². The smallest absolute Gasteiger partial charge is 0.271 e. The summed E-state index contributed by atoms with van der Waals surface area (Å²) >= 11 is 3.14. The van der Waals surface area contributed by atoms with Crippen LogP contribution in [0.4, 0.5) is 0 Å². The van der Waals surface area contributed by atoms with E-state index in [1.54, 1.807) is 11.3 Å². The summed E-state index contributed by atoms with van der Waals surface area (Å²) in [6, 6.07) is 14.1. The lowest BCUT2D eigenvalue weighted by molar-refractivity contribution is 0.0921. The van der Waals surface area contributed by atoms with Gasteiger partial charge in [0.25, 0.3) is 5.91 Å². The minimum absolute atomic E-state index is 0.0180. The molecule has 118 valence electrons. The Hall–Kier alpha value is -1.98. The standard InChI is InChI=1S/C18H18N2OS2/c1-12(2)16(13-7-4-3-5-8-13)20-17(21)14-11-23-18(19-14)15-9-6-10-22-15/h3-12,16H,1-2H3,(H,20,21). The van der Waals surface area contributed by atoms with Crippen LogP contribution in [0.25, 0.3) is 9.88 Å². The highest BCUT2D eigenvalue weighted by atomic mass is 32.1. The Morgan fingerprint density at radius 3 is 2.52 bits per heavy atom. The van der Waals surface area contributed by atoms with Crippen molar-refractivity contribution in [2.24, 2.45) is 5.92 Å². The molecule has 23 heavy (non-hydrogen) atoms. The zero-order valence-electron chi connectivity index (χ0n) is 13.0. The second kappa shape index (κ2) is 7.06. The van der Waals surface area contributed by atoms with Crippen LogP contribution in [0.15, 0.2) is 53.2 Å². The molecule has 1 N–H and O–H groups in total. The van der Waals surface area contributed by atoms with E-state index in [1.165, 1.54) is 11.3 Å². The summed E-state index contributed by atoms with van der Waals surface area (Å²) in [4.78, 5) is 18.1. The van der Waals surface area contributed by atoms with E-state index >= 15 is 0 Å². The Morgan fingerprint density at radius 2 is 1.87 bits per heavy atom. The predicted molar refractivity (Wildman–Crippen MR) is 96.9 cm³/mol. The van der Waals surface area contributed by atoms with Crippen molar-refractivity contribution >= 4 is 28.6 Å². The van der Waals surface area contributed by atoms with Crippen molar-refractivity contribution in [3.05, 3.63) is 64.5 Å². The van der Waals surface area contributed by atoms with Crippen LogP contribution in [0, 0.1) is 5.92 Å². The second-order valence-electron chi connectivity index (χ2n) is 5.62. The van der Waals surface area contributed by atoms with Crippen LogP contribution in [0.2, 0.25) is 0 Å². The molecule has 0 radical (unpaired) electrons. The van der Waals surface area contributed by atoms with Crippen LogP contribution in [0.1, 0.15) is 35.9 Å². The first-order chi connectivity index (χ1) is 11.1. The number of nitrogens with one attached hydrogen (secondary N) is 1.